The summed E-state index contributed by atoms with van der Waals surface area (Å²) >= 11 is 1.73. The molecule has 0 saturated carbocycles. The number of thiophene rings is 1. The molecule has 1 saturated heterocycles. The summed E-state index contributed by atoms with van der Waals surface area (Å²) in [6.45, 7) is 0. The van der Waals surface area contributed by atoms with Gasteiger partial charge in [0.2, 0.25) is 0 Å². The van der Waals surface area contributed by atoms with Gasteiger partial charge < -0.3 is 4.74 Å². The first-order valence-electron chi connectivity index (χ1n) is 4.68. The van der Waals surface area contributed by atoms with Gasteiger partial charge in [-0.05, 0) is 24.3 Å². The van der Waals surface area contributed by atoms with E-state index in [9.17, 15) is 4.79 Å². The third-order valence-corrected chi connectivity index (χ3v) is 3.50. The lowest BCUT2D eigenvalue weighted by Gasteiger charge is -2.10. The van der Waals surface area contributed by atoms with Crippen LogP contribution in [0, 0.1) is 0 Å². The highest BCUT2D eigenvalue weighted by Crippen LogP contribution is 2.29. The third kappa shape index (κ3) is 1.81. The second-order valence-corrected chi connectivity index (χ2v) is 4.37. The SMILES string of the molecule is COC(=O)[C@@H]1CC[C@@H](c2cccs2)N1. The zero-order valence-electron chi connectivity index (χ0n) is 8.03. The van der Waals surface area contributed by atoms with E-state index >= 15 is 0 Å². The Hall–Kier alpha value is -0.870. The fraction of sp³-hybridized carbons (Fsp3) is 0.500. The standard InChI is InChI=1S/C10H13NO2S/c1-13-10(12)8-5-4-7(11-8)9-3-2-6-14-9/h2-3,6-8,11H,4-5H2,1H3/t7-,8-/m0/s1. The van der Waals surface area contributed by atoms with Crippen molar-refractivity contribution in [2.24, 2.45) is 0 Å². The summed E-state index contributed by atoms with van der Waals surface area (Å²) in [6.07, 6.45) is 1.88. The van der Waals surface area contributed by atoms with Gasteiger partial charge in [-0.3, -0.25) is 10.1 Å². The minimum absolute atomic E-state index is 0.118. The lowest BCUT2D eigenvalue weighted by molar-refractivity contribution is -0.142. The first kappa shape index (κ1) is 9.68. The van der Waals surface area contributed by atoms with Crippen LogP contribution in [0.3, 0.4) is 0 Å². The molecule has 2 rings (SSSR count). The van der Waals surface area contributed by atoms with Crippen LogP contribution >= 0.6 is 11.3 Å². The molecule has 2 atom stereocenters. The molecule has 0 radical (unpaired) electrons. The number of carbonyl (C=O) groups excluding carboxylic acids is 1. The molecule has 76 valence electrons. The molecule has 0 aromatic carbocycles. The molecule has 1 fully saturated rings. The van der Waals surface area contributed by atoms with Gasteiger partial charge in [0.25, 0.3) is 0 Å². The summed E-state index contributed by atoms with van der Waals surface area (Å²) in [5, 5.41) is 5.34. The Morgan fingerprint density at radius 2 is 2.50 bits per heavy atom. The van der Waals surface area contributed by atoms with E-state index in [1.807, 2.05) is 6.07 Å². The number of ether oxygens (including phenoxy) is 1. The van der Waals surface area contributed by atoms with Crippen LogP contribution in [0.1, 0.15) is 23.8 Å². The molecule has 0 bridgehead atoms. The molecule has 4 heteroatoms. The Kier molecular flexibility index (Phi) is 2.84. The molecule has 1 aromatic rings. The van der Waals surface area contributed by atoms with Crippen LogP contribution in [0.5, 0.6) is 0 Å². The fourth-order valence-electron chi connectivity index (χ4n) is 1.78. The number of carbonyl (C=O) groups is 1. The molecule has 0 aliphatic carbocycles. The molecule has 1 aliphatic rings. The molecule has 1 N–H and O–H groups in total. The number of hydrogen-bond donors (Lipinski definition) is 1. The summed E-state index contributed by atoms with van der Waals surface area (Å²) in [6, 6.07) is 4.35. The summed E-state index contributed by atoms with van der Waals surface area (Å²) in [5.74, 6) is -0.149. The van der Waals surface area contributed by atoms with Crippen molar-refractivity contribution in [1.29, 1.82) is 0 Å². The van der Waals surface area contributed by atoms with Crippen molar-refractivity contribution in [3.8, 4) is 0 Å². The van der Waals surface area contributed by atoms with Crippen molar-refractivity contribution >= 4 is 17.3 Å². The number of esters is 1. The van der Waals surface area contributed by atoms with E-state index in [4.69, 9.17) is 4.74 Å². The highest BCUT2D eigenvalue weighted by molar-refractivity contribution is 7.10. The van der Waals surface area contributed by atoms with Gasteiger partial charge in [-0.15, -0.1) is 11.3 Å². The van der Waals surface area contributed by atoms with Gasteiger partial charge in [-0.25, -0.2) is 0 Å². The predicted molar refractivity (Wildman–Crippen MR) is 55.2 cm³/mol. The van der Waals surface area contributed by atoms with Crippen molar-refractivity contribution in [3.05, 3.63) is 22.4 Å². The highest BCUT2D eigenvalue weighted by Gasteiger charge is 2.30. The van der Waals surface area contributed by atoms with Gasteiger partial charge in [0.15, 0.2) is 0 Å². The second kappa shape index (κ2) is 4.11. The van der Waals surface area contributed by atoms with Crippen molar-refractivity contribution in [2.75, 3.05) is 7.11 Å². The van der Waals surface area contributed by atoms with E-state index in [2.05, 4.69) is 16.8 Å². The number of hydrogen-bond acceptors (Lipinski definition) is 4. The van der Waals surface area contributed by atoms with E-state index < -0.39 is 0 Å². The first-order chi connectivity index (χ1) is 6.81. The minimum Gasteiger partial charge on any atom is -0.468 e. The smallest absolute Gasteiger partial charge is 0.322 e. The Bertz CT molecular complexity index is 310. The second-order valence-electron chi connectivity index (χ2n) is 3.39. The summed E-state index contributed by atoms with van der Waals surface area (Å²) in [5.41, 5.74) is 0. The average molecular weight is 211 g/mol. The summed E-state index contributed by atoms with van der Waals surface area (Å²) in [4.78, 5) is 12.6. The lowest BCUT2D eigenvalue weighted by Crippen LogP contribution is -2.32. The zero-order valence-corrected chi connectivity index (χ0v) is 8.84. The molecule has 0 amide bonds. The molecule has 1 aliphatic heterocycles. The largest absolute Gasteiger partial charge is 0.468 e. The van der Waals surface area contributed by atoms with E-state index in [0.717, 1.165) is 12.8 Å². The lowest BCUT2D eigenvalue weighted by atomic mass is 10.2. The molecule has 14 heavy (non-hydrogen) atoms. The highest BCUT2D eigenvalue weighted by atomic mass is 32.1. The first-order valence-corrected chi connectivity index (χ1v) is 5.56. The van der Waals surface area contributed by atoms with E-state index in [1.165, 1.54) is 12.0 Å². The van der Waals surface area contributed by atoms with Crippen LogP contribution in [-0.4, -0.2) is 19.1 Å². The summed E-state index contributed by atoms with van der Waals surface area (Å²) in [7, 11) is 1.43. The maximum absolute atomic E-state index is 11.2. The van der Waals surface area contributed by atoms with Gasteiger partial charge in [-0.2, -0.15) is 0 Å². The van der Waals surface area contributed by atoms with E-state index in [1.54, 1.807) is 11.3 Å². The molecular formula is C10H13NO2S. The van der Waals surface area contributed by atoms with Gasteiger partial charge in [-0.1, -0.05) is 6.07 Å². The van der Waals surface area contributed by atoms with E-state index in [-0.39, 0.29) is 12.0 Å². The summed E-state index contributed by atoms with van der Waals surface area (Å²) < 4.78 is 4.70. The molecule has 3 nitrogen and oxygen atoms in total. The molecular weight excluding hydrogens is 198 g/mol. The monoisotopic (exact) mass is 211 g/mol. The Morgan fingerprint density at radius 3 is 3.14 bits per heavy atom. The Morgan fingerprint density at radius 1 is 1.64 bits per heavy atom. The normalized spacial score (nSPS) is 26.4. The van der Waals surface area contributed by atoms with Crippen molar-refractivity contribution in [2.45, 2.75) is 24.9 Å². The van der Waals surface area contributed by atoms with Crippen molar-refractivity contribution in [3.63, 3.8) is 0 Å². The molecule has 0 unspecified atom stereocenters. The van der Waals surface area contributed by atoms with Crippen molar-refractivity contribution in [1.82, 2.24) is 5.32 Å². The topological polar surface area (TPSA) is 38.3 Å². The molecule has 0 spiro atoms. The maximum Gasteiger partial charge on any atom is 0.322 e. The molecule has 1 aromatic heterocycles. The van der Waals surface area contributed by atoms with Crippen LogP contribution in [0.25, 0.3) is 0 Å². The van der Waals surface area contributed by atoms with Crippen LogP contribution in [0.2, 0.25) is 0 Å². The van der Waals surface area contributed by atoms with E-state index in [0.29, 0.717) is 6.04 Å². The zero-order chi connectivity index (χ0) is 9.97. The van der Waals surface area contributed by atoms with Crippen LogP contribution in [0.15, 0.2) is 17.5 Å². The Labute approximate surface area is 87.1 Å². The van der Waals surface area contributed by atoms with Gasteiger partial charge in [0.05, 0.1) is 7.11 Å². The maximum atomic E-state index is 11.2. The average Bonchev–Trinajstić information content (AvgIpc) is 2.86. The number of nitrogens with one attached hydrogen (secondary N) is 1. The predicted octanol–water partition coefficient (Wildman–Crippen LogP) is 1.71. The fourth-order valence-corrected chi connectivity index (χ4v) is 2.61. The van der Waals surface area contributed by atoms with Gasteiger partial charge >= 0.3 is 5.97 Å². The van der Waals surface area contributed by atoms with Crippen LogP contribution in [-0.2, 0) is 9.53 Å². The third-order valence-electron chi connectivity index (χ3n) is 2.52. The molecule has 2 heterocycles. The minimum atomic E-state index is -0.149. The quantitative estimate of drug-likeness (QED) is 0.757. The van der Waals surface area contributed by atoms with Gasteiger partial charge in [0, 0.05) is 10.9 Å². The van der Waals surface area contributed by atoms with Crippen molar-refractivity contribution < 1.29 is 9.53 Å². The Balaban J connectivity index is 1.98. The van der Waals surface area contributed by atoms with Crippen LogP contribution in [0.4, 0.5) is 0 Å². The number of methoxy groups -OCH3 is 1. The van der Waals surface area contributed by atoms with Crippen LogP contribution < -0.4 is 5.32 Å². The number of rotatable bonds is 2. The van der Waals surface area contributed by atoms with Gasteiger partial charge in [0.1, 0.15) is 6.04 Å².